The molecule has 0 aliphatic rings. The highest BCUT2D eigenvalue weighted by molar-refractivity contribution is 6.01. The van der Waals surface area contributed by atoms with Crippen LogP contribution >= 0.6 is 0 Å². The maximum atomic E-state index is 12.3. The lowest BCUT2D eigenvalue weighted by Gasteiger charge is -2.11. The maximum absolute atomic E-state index is 12.3. The number of hydrogen-bond donors (Lipinski definition) is 1. The summed E-state index contributed by atoms with van der Waals surface area (Å²) >= 11 is 0. The normalized spacial score (nSPS) is 10.3. The average molecular weight is 281 g/mol. The lowest BCUT2D eigenvalue weighted by Crippen LogP contribution is -2.07. The molecule has 0 aliphatic carbocycles. The van der Waals surface area contributed by atoms with Crippen molar-refractivity contribution in [2.24, 2.45) is 0 Å². The predicted molar refractivity (Wildman–Crippen MR) is 88.7 cm³/mol. The topological polar surface area (TPSA) is 29.1 Å². The fourth-order valence-corrected chi connectivity index (χ4v) is 2.34. The Bertz CT molecular complexity index is 563. The van der Waals surface area contributed by atoms with Crippen molar-refractivity contribution in [3.05, 3.63) is 65.7 Å². The van der Waals surface area contributed by atoms with Crippen molar-refractivity contribution in [1.29, 1.82) is 0 Å². The highest BCUT2D eigenvalue weighted by Crippen LogP contribution is 2.19. The molecule has 0 amide bonds. The number of carbonyl (C=O) groups is 1. The van der Waals surface area contributed by atoms with Gasteiger partial charge in [-0.25, -0.2) is 0 Å². The van der Waals surface area contributed by atoms with Crippen LogP contribution in [0.1, 0.15) is 48.5 Å². The highest BCUT2D eigenvalue weighted by atomic mass is 16.1. The Hall–Kier alpha value is -2.09. The molecule has 0 saturated heterocycles. The molecule has 110 valence electrons. The first kappa shape index (κ1) is 15.3. The van der Waals surface area contributed by atoms with Crippen LogP contribution in [0.3, 0.4) is 0 Å². The van der Waals surface area contributed by atoms with Gasteiger partial charge < -0.3 is 5.32 Å². The largest absolute Gasteiger partial charge is 0.380 e. The standard InChI is InChI=1S/C19H23NO/c1-2-3-5-14-19(21)17-12-8-9-13-18(17)20-15-16-10-6-4-7-11-16/h4,6-13,20H,2-3,5,14-15H2,1H3. The molecule has 1 N–H and O–H groups in total. The van der Waals surface area contributed by atoms with Crippen LogP contribution in [0.25, 0.3) is 0 Å². The molecule has 0 spiro atoms. The summed E-state index contributed by atoms with van der Waals surface area (Å²) in [5.41, 5.74) is 2.96. The number of anilines is 1. The Morgan fingerprint density at radius 1 is 0.952 bits per heavy atom. The van der Waals surface area contributed by atoms with Crippen LogP contribution in [0.4, 0.5) is 5.69 Å². The summed E-state index contributed by atoms with van der Waals surface area (Å²) in [6, 6.07) is 18.0. The summed E-state index contributed by atoms with van der Waals surface area (Å²) in [6.45, 7) is 2.89. The van der Waals surface area contributed by atoms with E-state index in [9.17, 15) is 4.79 Å². The van der Waals surface area contributed by atoms with Crippen LogP contribution in [0, 0.1) is 0 Å². The monoisotopic (exact) mass is 281 g/mol. The van der Waals surface area contributed by atoms with Crippen LogP contribution < -0.4 is 5.32 Å². The third-order valence-corrected chi connectivity index (χ3v) is 3.56. The van der Waals surface area contributed by atoms with E-state index in [4.69, 9.17) is 0 Å². The third-order valence-electron chi connectivity index (χ3n) is 3.56. The Balaban J connectivity index is 2.01. The molecule has 0 unspecified atom stereocenters. The summed E-state index contributed by atoms with van der Waals surface area (Å²) in [7, 11) is 0. The van der Waals surface area contributed by atoms with Gasteiger partial charge in [0.15, 0.2) is 5.78 Å². The van der Waals surface area contributed by atoms with Gasteiger partial charge in [0.05, 0.1) is 0 Å². The molecular weight excluding hydrogens is 258 g/mol. The number of Topliss-reactive ketones (excluding diaryl/α,β-unsaturated/α-hetero) is 1. The molecule has 2 heteroatoms. The molecule has 2 nitrogen and oxygen atoms in total. The molecule has 2 aromatic carbocycles. The highest BCUT2D eigenvalue weighted by Gasteiger charge is 2.10. The lowest BCUT2D eigenvalue weighted by atomic mass is 10.0. The number of para-hydroxylation sites is 1. The zero-order valence-electron chi connectivity index (χ0n) is 12.6. The second-order valence-electron chi connectivity index (χ2n) is 5.27. The minimum Gasteiger partial charge on any atom is -0.380 e. The van der Waals surface area contributed by atoms with Crippen LogP contribution in [0.5, 0.6) is 0 Å². The summed E-state index contributed by atoms with van der Waals surface area (Å²) in [4.78, 5) is 12.3. The van der Waals surface area contributed by atoms with Gasteiger partial charge in [-0.3, -0.25) is 4.79 Å². The van der Waals surface area contributed by atoms with Crippen molar-refractivity contribution in [1.82, 2.24) is 0 Å². The quantitative estimate of drug-likeness (QED) is 0.541. The van der Waals surface area contributed by atoms with Crippen LogP contribution in [-0.2, 0) is 6.54 Å². The third kappa shape index (κ3) is 4.75. The fourth-order valence-electron chi connectivity index (χ4n) is 2.34. The van der Waals surface area contributed by atoms with Crippen molar-refractivity contribution in [3.8, 4) is 0 Å². The van der Waals surface area contributed by atoms with E-state index in [0.717, 1.165) is 37.1 Å². The van der Waals surface area contributed by atoms with Gasteiger partial charge in [-0.05, 0) is 24.1 Å². The number of benzene rings is 2. The van der Waals surface area contributed by atoms with Crippen molar-refractivity contribution < 1.29 is 4.79 Å². The van der Waals surface area contributed by atoms with Gasteiger partial charge in [0.25, 0.3) is 0 Å². The van der Waals surface area contributed by atoms with Gasteiger partial charge in [-0.1, -0.05) is 62.2 Å². The van der Waals surface area contributed by atoms with Crippen LogP contribution in [-0.4, -0.2) is 5.78 Å². The Morgan fingerprint density at radius 2 is 1.67 bits per heavy atom. The molecule has 0 heterocycles. The Labute approximate surface area is 127 Å². The molecule has 0 radical (unpaired) electrons. The summed E-state index contributed by atoms with van der Waals surface area (Å²) < 4.78 is 0. The first-order valence-corrected chi connectivity index (χ1v) is 7.71. The van der Waals surface area contributed by atoms with Crippen molar-refractivity contribution >= 4 is 11.5 Å². The van der Waals surface area contributed by atoms with Gasteiger partial charge in [0.1, 0.15) is 0 Å². The number of carbonyl (C=O) groups excluding carboxylic acids is 1. The summed E-state index contributed by atoms with van der Waals surface area (Å²) in [6.07, 6.45) is 3.87. The van der Waals surface area contributed by atoms with Crippen molar-refractivity contribution in [2.75, 3.05) is 5.32 Å². The molecule has 0 atom stereocenters. The number of hydrogen-bond acceptors (Lipinski definition) is 2. The minimum absolute atomic E-state index is 0.236. The first-order valence-electron chi connectivity index (χ1n) is 7.71. The maximum Gasteiger partial charge on any atom is 0.164 e. The number of nitrogens with one attached hydrogen (secondary N) is 1. The van der Waals surface area contributed by atoms with Gasteiger partial charge in [-0.2, -0.15) is 0 Å². The van der Waals surface area contributed by atoms with Crippen molar-refractivity contribution in [2.45, 2.75) is 39.2 Å². The van der Waals surface area contributed by atoms with E-state index in [1.165, 1.54) is 5.56 Å². The average Bonchev–Trinajstić information content (AvgIpc) is 2.54. The SMILES string of the molecule is CCCCCC(=O)c1ccccc1NCc1ccccc1. The van der Waals surface area contributed by atoms with E-state index in [1.807, 2.05) is 42.5 Å². The van der Waals surface area contributed by atoms with E-state index >= 15 is 0 Å². The van der Waals surface area contributed by atoms with Gasteiger partial charge in [0, 0.05) is 24.2 Å². The molecule has 0 saturated carbocycles. The van der Waals surface area contributed by atoms with Crippen LogP contribution in [0.15, 0.2) is 54.6 Å². The summed E-state index contributed by atoms with van der Waals surface area (Å²) in [5.74, 6) is 0.236. The predicted octanol–water partition coefficient (Wildman–Crippen LogP) is 5.06. The Morgan fingerprint density at radius 3 is 2.43 bits per heavy atom. The van der Waals surface area contributed by atoms with E-state index in [1.54, 1.807) is 0 Å². The fraction of sp³-hybridized carbons (Fsp3) is 0.316. The molecule has 21 heavy (non-hydrogen) atoms. The van der Waals surface area contributed by atoms with E-state index in [2.05, 4.69) is 24.4 Å². The summed E-state index contributed by atoms with van der Waals surface area (Å²) in [5, 5.41) is 3.38. The Kier molecular flexibility index (Phi) is 6.01. The second-order valence-corrected chi connectivity index (χ2v) is 5.27. The molecule has 2 aromatic rings. The van der Waals surface area contributed by atoms with E-state index < -0.39 is 0 Å². The second kappa shape index (κ2) is 8.25. The van der Waals surface area contributed by atoms with Gasteiger partial charge in [0.2, 0.25) is 0 Å². The molecule has 0 aliphatic heterocycles. The smallest absolute Gasteiger partial charge is 0.164 e. The zero-order valence-corrected chi connectivity index (χ0v) is 12.6. The van der Waals surface area contributed by atoms with Crippen LogP contribution in [0.2, 0.25) is 0 Å². The molecule has 0 fully saturated rings. The molecule has 0 aromatic heterocycles. The molecule has 0 bridgehead atoms. The number of rotatable bonds is 8. The number of ketones is 1. The molecular formula is C19H23NO. The first-order chi connectivity index (χ1) is 10.3. The zero-order chi connectivity index (χ0) is 14.9. The van der Waals surface area contributed by atoms with E-state index in [0.29, 0.717) is 6.42 Å². The minimum atomic E-state index is 0.236. The van der Waals surface area contributed by atoms with Gasteiger partial charge in [-0.15, -0.1) is 0 Å². The number of unbranched alkanes of at least 4 members (excludes halogenated alkanes) is 2. The van der Waals surface area contributed by atoms with Crippen molar-refractivity contribution in [3.63, 3.8) is 0 Å². The lowest BCUT2D eigenvalue weighted by molar-refractivity contribution is 0.0980. The van der Waals surface area contributed by atoms with E-state index in [-0.39, 0.29) is 5.78 Å². The van der Waals surface area contributed by atoms with Gasteiger partial charge >= 0.3 is 0 Å². The molecule has 2 rings (SSSR count).